The minimum atomic E-state index is -0.873. The molecule has 2 aromatic rings. The summed E-state index contributed by atoms with van der Waals surface area (Å²) in [5.74, 6) is -1.47. The summed E-state index contributed by atoms with van der Waals surface area (Å²) in [5, 5.41) is 9.58. The Bertz CT molecular complexity index is 549. The van der Waals surface area contributed by atoms with Gasteiger partial charge in [0.2, 0.25) is 0 Å². The minimum absolute atomic E-state index is 0.556. The Morgan fingerprint density at radius 2 is 1.78 bits per heavy atom. The van der Waals surface area contributed by atoms with E-state index in [1.165, 1.54) is 0 Å². The van der Waals surface area contributed by atoms with Crippen molar-refractivity contribution in [3.8, 4) is 11.1 Å². The average molecular weight is 262 g/mol. The fourth-order valence-corrected chi connectivity index (χ4v) is 1.73. The predicted octanol–water partition coefficient (Wildman–Crippen LogP) is 3.59. The Kier molecular flexibility index (Phi) is 3.63. The molecular formula is C14H12ClNO2. The maximum atomic E-state index is 10.8. The summed E-state index contributed by atoms with van der Waals surface area (Å²) >= 11 is 5.82. The Balaban J connectivity index is 2.27. The van der Waals surface area contributed by atoms with Crippen molar-refractivity contribution in [2.75, 3.05) is 0 Å². The normalized spacial score (nSPS) is 12.1. The number of carbonyl (C=O) groups is 1. The highest BCUT2D eigenvalue weighted by Crippen LogP contribution is 2.22. The maximum absolute atomic E-state index is 10.8. The summed E-state index contributed by atoms with van der Waals surface area (Å²) in [7, 11) is 0. The number of halogens is 1. The summed E-state index contributed by atoms with van der Waals surface area (Å²) in [5.41, 5.74) is 2.50. The van der Waals surface area contributed by atoms with Crippen LogP contribution in [0.4, 0.5) is 0 Å². The maximum Gasteiger partial charge on any atom is 0.312 e. The first kappa shape index (κ1) is 12.6. The molecule has 0 amide bonds. The van der Waals surface area contributed by atoms with Gasteiger partial charge in [-0.1, -0.05) is 29.8 Å². The third kappa shape index (κ3) is 2.68. The molecule has 0 aliphatic carbocycles. The highest BCUT2D eigenvalue weighted by Gasteiger charge is 2.14. The zero-order chi connectivity index (χ0) is 13.1. The molecule has 0 saturated heterocycles. The summed E-state index contributed by atoms with van der Waals surface area (Å²) in [6.07, 6.45) is 1.68. The zero-order valence-corrected chi connectivity index (χ0v) is 10.6. The third-order valence-corrected chi connectivity index (χ3v) is 3.03. The van der Waals surface area contributed by atoms with Crippen molar-refractivity contribution in [1.82, 2.24) is 4.98 Å². The van der Waals surface area contributed by atoms with Crippen molar-refractivity contribution < 1.29 is 9.90 Å². The summed E-state index contributed by atoms with van der Waals surface area (Å²) in [6.45, 7) is 1.62. The first-order valence-electron chi connectivity index (χ1n) is 5.52. The van der Waals surface area contributed by atoms with Crippen LogP contribution in [0, 0.1) is 0 Å². The molecule has 0 aliphatic heterocycles. The molecule has 0 fully saturated rings. The standard InChI is InChI=1S/C14H12ClNO2/c1-9(14(17)18)13-7-4-11(8-16-13)10-2-5-12(15)6-3-10/h2-9H,1H3,(H,17,18). The minimum Gasteiger partial charge on any atom is -0.481 e. The van der Waals surface area contributed by atoms with Gasteiger partial charge in [-0.05, 0) is 30.7 Å². The number of hydrogen-bond acceptors (Lipinski definition) is 2. The number of aromatic nitrogens is 1. The fourth-order valence-electron chi connectivity index (χ4n) is 1.60. The van der Waals surface area contributed by atoms with Crippen molar-refractivity contribution in [2.24, 2.45) is 0 Å². The van der Waals surface area contributed by atoms with E-state index in [-0.39, 0.29) is 0 Å². The fraction of sp³-hybridized carbons (Fsp3) is 0.143. The number of carboxylic acids is 1. The van der Waals surface area contributed by atoms with Crippen LogP contribution in [0.3, 0.4) is 0 Å². The van der Waals surface area contributed by atoms with Crippen LogP contribution in [0.15, 0.2) is 42.6 Å². The number of benzene rings is 1. The zero-order valence-electron chi connectivity index (χ0n) is 9.80. The highest BCUT2D eigenvalue weighted by molar-refractivity contribution is 6.30. The van der Waals surface area contributed by atoms with Gasteiger partial charge in [0.15, 0.2) is 0 Å². The van der Waals surface area contributed by atoms with Gasteiger partial charge in [0.25, 0.3) is 0 Å². The van der Waals surface area contributed by atoms with Crippen LogP contribution in [-0.4, -0.2) is 16.1 Å². The molecule has 1 atom stereocenters. The second-order valence-electron chi connectivity index (χ2n) is 4.04. The van der Waals surface area contributed by atoms with Gasteiger partial charge in [-0.2, -0.15) is 0 Å². The topological polar surface area (TPSA) is 50.2 Å². The average Bonchev–Trinajstić information content (AvgIpc) is 2.39. The van der Waals surface area contributed by atoms with Gasteiger partial charge in [0, 0.05) is 16.8 Å². The van der Waals surface area contributed by atoms with Gasteiger partial charge in [-0.3, -0.25) is 9.78 Å². The molecule has 92 valence electrons. The molecule has 18 heavy (non-hydrogen) atoms. The van der Waals surface area contributed by atoms with E-state index in [0.717, 1.165) is 11.1 Å². The van der Waals surface area contributed by atoms with Gasteiger partial charge < -0.3 is 5.11 Å². The Morgan fingerprint density at radius 1 is 1.17 bits per heavy atom. The molecule has 1 N–H and O–H groups in total. The van der Waals surface area contributed by atoms with E-state index in [1.54, 1.807) is 19.2 Å². The van der Waals surface area contributed by atoms with E-state index >= 15 is 0 Å². The van der Waals surface area contributed by atoms with Crippen molar-refractivity contribution >= 4 is 17.6 Å². The highest BCUT2D eigenvalue weighted by atomic mass is 35.5. The number of nitrogens with zero attached hydrogens (tertiary/aromatic N) is 1. The van der Waals surface area contributed by atoms with E-state index in [4.69, 9.17) is 16.7 Å². The lowest BCUT2D eigenvalue weighted by Gasteiger charge is -2.07. The molecule has 0 radical (unpaired) electrons. The Hall–Kier alpha value is -1.87. The van der Waals surface area contributed by atoms with Crippen LogP contribution in [0.25, 0.3) is 11.1 Å². The van der Waals surface area contributed by atoms with Gasteiger partial charge in [0.1, 0.15) is 0 Å². The van der Waals surface area contributed by atoms with Gasteiger partial charge in [0.05, 0.1) is 11.6 Å². The van der Waals surface area contributed by atoms with Crippen molar-refractivity contribution in [1.29, 1.82) is 0 Å². The molecule has 4 heteroatoms. The molecular weight excluding hydrogens is 250 g/mol. The lowest BCUT2D eigenvalue weighted by atomic mass is 10.0. The molecule has 0 saturated carbocycles. The van der Waals surface area contributed by atoms with E-state index in [2.05, 4.69) is 4.98 Å². The van der Waals surface area contributed by atoms with Gasteiger partial charge in [-0.25, -0.2) is 0 Å². The molecule has 2 rings (SSSR count). The molecule has 0 bridgehead atoms. The monoisotopic (exact) mass is 261 g/mol. The molecule has 1 unspecified atom stereocenters. The molecule has 1 heterocycles. The molecule has 0 spiro atoms. The lowest BCUT2D eigenvalue weighted by Crippen LogP contribution is -2.08. The second kappa shape index (κ2) is 5.19. The van der Waals surface area contributed by atoms with Crippen LogP contribution in [0.2, 0.25) is 5.02 Å². The van der Waals surface area contributed by atoms with E-state index in [9.17, 15) is 4.79 Å². The van der Waals surface area contributed by atoms with Crippen LogP contribution in [0.1, 0.15) is 18.5 Å². The molecule has 1 aromatic carbocycles. The van der Waals surface area contributed by atoms with Gasteiger partial charge >= 0.3 is 5.97 Å². The SMILES string of the molecule is CC(C(=O)O)c1ccc(-c2ccc(Cl)cc2)cn1. The van der Waals surface area contributed by atoms with Gasteiger partial charge in [-0.15, -0.1) is 0 Å². The number of hydrogen-bond donors (Lipinski definition) is 1. The van der Waals surface area contributed by atoms with Crippen molar-refractivity contribution in [3.63, 3.8) is 0 Å². The number of rotatable bonds is 3. The van der Waals surface area contributed by atoms with E-state index in [1.807, 2.05) is 30.3 Å². The Morgan fingerprint density at radius 3 is 2.28 bits per heavy atom. The number of aliphatic carboxylic acids is 1. The number of carboxylic acid groups (broad SMARTS) is 1. The largest absolute Gasteiger partial charge is 0.481 e. The van der Waals surface area contributed by atoms with Crippen LogP contribution in [0.5, 0.6) is 0 Å². The van der Waals surface area contributed by atoms with Crippen LogP contribution >= 0.6 is 11.6 Å². The quantitative estimate of drug-likeness (QED) is 0.919. The summed E-state index contributed by atoms with van der Waals surface area (Å²) < 4.78 is 0. The van der Waals surface area contributed by atoms with E-state index in [0.29, 0.717) is 10.7 Å². The third-order valence-electron chi connectivity index (χ3n) is 2.78. The van der Waals surface area contributed by atoms with Crippen molar-refractivity contribution in [2.45, 2.75) is 12.8 Å². The van der Waals surface area contributed by atoms with E-state index < -0.39 is 11.9 Å². The molecule has 1 aromatic heterocycles. The molecule has 0 aliphatic rings. The first-order valence-corrected chi connectivity index (χ1v) is 5.90. The smallest absolute Gasteiger partial charge is 0.312 e. The predicted molar refractivity (Wildman–Crippen MR) is 70.7 cm³/mol. The van der Waals surface area contributed by atoms with Crippen LogP contribution < -0.4 is 0 Å². The van der Waals surface area contributed by atoms with Crippen LogP contribution in [-0.2, 0) is 4.79 Å². The summed E-state index contributed by atoms with van der Waals surface area (Å²) in [6, 6.07) is 11.0. The first-order chi connectivity index (χ1) is 8.58. The number of pyridine rings is 1. The summed E-state index contributed by atoms with van der Waals surface area (Å²) in [4.78, 5) is 15.0. The second-order valence-corrected chi connectivity index (χ2v) is 4.47. The molecule has 3 nitrogen and oxygen atoms in total. The Labute approximate surface area is 110 Å². The lowest BCUT2D eigenvalue weighted by molar-refractivity contribution is -0.138. The van der Waals surface area contributed by atoms with Crippen molar-refractivity contribution in [3.05, 3.63) is 53.3 Å².